The Kier molecular flexibility index (Phi) is 5.03. The summed E-state index contributed by atoms with van der Waals surface area (Å²) >= 11 is 0. The Morgan fingerprint density at radius 3 is 2.56 bits per heavy atom. The number of nitrogens with two attached hydrogens (primary N) is 1. The summed E-state index contributed by atoms with van der Waals surface area (Å²) in [5.74, 6) is 2.56. The van der Waals surface area contributed by atoms with Gasteiger partial charge in [-0.15, -0.1) is 0 Å². The van der Waals surface area contributed by atoms with Gasteiger partial charge in [-0.05, 0) is 45.0 Å². The van der Waals surface area contributed by atoms with Crippen molar-refractivity contribution in [2.45, 2.75) is 39.8 Å². The molecule has 0 bridgehead atoms. The van der Waals surface area contributed by atoms with Crippen LogP contribution in [-0.4, -0.2) is 24.5 Å². The lowest BCUT2D eigenvalue weighted by molar-refractivity contribution is 0.271. The molecule has 1 aromatic rings. The second-order valence-corrected chi connectivity index (χ2v) is 4.95. The predicted octanol–water partition coefficient (Wildman–Crippen LogP) is 2.39. The van der Waals surface area contributed by atoms with E-state index in [1.54, 1.807) is 0 Å². The molecule has 3 nitrogen and oxygen atoms in total. The third-order valence-corrected chi connectivity index (χ3v) is 2.92. The molecule has 0 saturated carbocycles. The summed E-state index contributed by atoms with van der Waals surface area (Å²) in [6.07, 6.45) is 1.04. The van der Waals surface area contributed by atoms with Crippen LogP contribution in [0.3, 0.4) is 0 Å². The highest BCUT2D eigenvalue weighted by molar-refractivity contribution is 5.05. The first kappa shape index (κ1) is 13.3. The molecular weight excluding hydrogens is 200 g/mol. The number of rotatable bonds is 6. The lowest BCUT2D eigenvalue weighted by Gasteiger charge is -2.20. The summed E-state index contributed by atoms with van der Waals surface area (Å²) in [5, 5.41) is 0. The van der Waals surface area contributed by atoms with Crippen LogP contribution in [0.1, 0.15) is 31.8 Å². The van der Waals surface area contributed by atoms with E-state index < -0.39 is 0 Å². The third-order valence-electron chi connectivity index (χ3n) is 2.92. The minimum Gasteiger partial charge on any atom is -0.465 e. The Hall–Kier alpha value is -0.800. The Labute approximate surface area is 98.6 Å². The fraction of sp³-hybridized carbons (Fsp3) is 0.692. The van der Waals surface area contributed by atoms with Crippen molar-refractivity contribution >= 4 is 0 Å². The quantitative estimate of drug-likeness (QED) is 0.806. The molecule has 0 aromatic carbocycles. The molecule has 92 valence electrons. The van der Waals surface area contributed by atoms with Gasteiger partial charge in [0.15, 0.2) is 0 Å². The summed E-state index contributed by atoms with van der Waals surface area (Å²) in [6, 6.07) is 4.33. The standard InChI is InChI=1S/C13H24N2O/c1-10(2)13(14)7-8-15(4)9-12-6-5-11(3)16-12/h5-6,10,13H,7-9,14H2,1-4H3. The molecule has 16 heavy (non-hydrogen) atoms. The molecule has 0 aliphatic heterocycles. The molecule has 1 atom stereocenters. The Bertz CT molecular complexity index is 307. The normalized spacial score (nSPS) is 13.7. The van der Waals surface area contributed by atoms with Crippen LogP contribution >= 0.6 is 0 Å². The van der Waals surface area contributed by atoms with Gasteiger partial charge in [0, 0.05) is 6.04 Å². The minimum atomic E-state index is 0.292. The molecule has 0 saturated heterocycles. The number of hydrogen-bond acceptors (Lipinski definition) is 3. The Morgan fingerprint density at radius 2 is 2.06 bits per heavy atom. The average molecular weight is 224 g/mol. The van der Waals surface area contributed by atoms with Gasteiger partial charge in [0.05, 0.1) is 6.54 Å². The summed E-state index contributed by atoms with van der Waals surface area (Å²) in [6.45, 7) is 8.18. The summed E-state index contributed by atoms with van der Waals surface area (Å²) < 4.78 is 5.54. The number of furan rings is 1. The fourth-order valence-corrected chi connectivity index (χ4v) is 1.62. The maximum atomic E-state index is 6.01. The van der Waals surface area contributed by atoms with Crippen molar-refractivity contribution < 1.29 is 4.42 Å². The fourth-order valence-electron chi connectivity index (χ4n) is 1.62. The van der Waals surface area contributed by atoms with Crippen LogP contribution in [0.4, 0.5) is 0 Å². The van der Waals surface area contributed by atoms with Crippen molar-refractivity contribution in [3.05, 3.63) is 23.7 Å². The van der Waals surface area contributed by atoms with Crippen LogP contribution < -0.4 is 5.73 Å². The van der Waals surface area contributed by atoms with Gasteiger partial charge in [0.2, 0.25) is 0 Å². The SMILES string of the molecule is Cc1ccc(CN(C)CCC(N)C(C)C)o1. The third kappa shape index (κ3) is 4.37. The number of nitrogens with zero attached hydrogens (tertiary/aromatic N) is 1. The van der Waals surface area contributed by atoms with Crippen LogP contribution in [0.5, 0.6) is 0 Å². The molecule has 0 aliphatic carbocycles. The van der Waals surface area contributed by atoms with Crippen molar-refractivity contribution in [2.75, 3.05) is 13.6 Å². The van der Waals surface area contributed by atoms with Crippen molar-refractivity contribution in [1.82, 2.24) is 4.90 Å². The van der Waals surface area contributed by atoms with Crippen LogP contribution in [-0.2, 0) is 6.54 Å². The monoisotopic (exact) mass is 224 g/mol. The molecule has 2 N–H and O–H groups in total. The van der Waals surface area contributed by atoms with Crippen LogP contribution in [0.15, 0.2) is 16.5 Å². The molecular formula is C13H24N2O. The maximum absolute atomic E-state index is 6.01. The summed E-state index contributed by atoms with van der Waals surface area (Å²) in [5.41, 5.74) is 6.01. The first-order valence-electron chi connectivity index (χ1n) is 5.98. The van der Waals surface area contributed by atoms with Gasteiger partial charge >= 0.3 is 0 Å². The van der Waals surface area contributed by atoms with Crippen LogP contribution in [0.2, 0.25) is 0 Å². The van der Waals surface area contributed by atoms with Crippen molar-refractivity contribution in [3.63, 3.8) is 0 Å². The van der Waals surface area contributed by atoms with Gasteiger partial charge in [-0.3, -0.25) is 4.90 Å². The Balaban J connectivity index is 2.28. The second-order valence-electron chi connectivity index (χ2n) is 4.95. The highest BCUT2D eigenvalue weighted by Crippen LogP contribution is 2.10. The van der Waals surface area contributed by atoms with Crippen molar-refractivity contribution in [1.29, 1.82) is 0 Å². The zero-order valence-electron chi connectivity index (χ0n) is 10.9. The van der Waals surface area contributed by atoms with Crippen molar-refractivity contribution in [3.8, 4) is 0 Å². The van der Waals surface area contributed by atoms with Gasteiger partial charge in [0.25, 0.3) is 0 Å². The summed E-state index contributed by atoms with van der Waals surface area (Å²) in [7, 11) is 2.10. The van der Waals surface area contributed by atoms with Gasteiger partial charge in [-0.2, -0.15) is 0 Å². The molecule has 0 fully saturated rings. The van der Waals surface area contributed by atoms with Gasteiger partial charge < -0.3 is 10.2 Å². The molecule has 1 heterocycles. The first-order chi connectivity index (χ1) is 7.49. The largest absolute Gasteiger partial charge is 0.465 e. The average Bonchev–Trinajstić information content (AvgIpc) is 2.60. The van der Waals surface area contributed by atoms with Crippen LogP contribution in [0.25, 0.3) is 0 Å². The van der Waals surface area contributed by atoms with Gasteiger partial charge in [-0.25, -0.2) is 0 Å². The molecule has 0 aliphatic rings. The molecule has 1 aromatic heterocycles. The molecule has 1 rings (SSSR count). The maximum Gasteiger partial charge on any atom is 0.118 e. The molecule has 0 amide bonds. The lowest BCUT2D eigenvalue weighted by atomic mass is 10.0. The van der Waals surface area contributed by atoms with E-state index >= 15 is 0 Å². The minimum absolute atomic E-state index is 0.292. The van der Waals surface area contributed by atoms with Gasteiger partial charge in [-0.1, -0.05) is 13.8 Å². The highest BCUT2D eigenvalue weighted by atomic mass is 16.3. The van der Waals surface area contributed by atoms with Crippen molar-refractivity contribution in [2.24, 2.45) is 11.7 Å². The van der Waals surface area contributed by atoms with Gasteiger partial charge in [0.1, 0.15) is 11.5 Å². The zero-order chi connectivity index (χ0) is 12.1. The lowest BCUT2D eigenvalue weighted by Crippen LogP contribution is -2.31. The van der Waals surface area contributed by atoms with E-state index in [0.29, 0.717) is 12.0 Å². The summed E-state index contributed by atoms with van der Waals surface area (Å²) in [4.78, 5) is 2.25. The highest BCUT2D eigenvalue weighted by Gasteiger charge is 2.09. The van der Waals surface area contributed by atoms with E-state index in [9.17, 15) is 0 Å². The first-order valence-corrected chi connectivity index (χ1v) is 5.98. The van der Waals surface area contributed by atoms with Crippen LogP contribution in [0, 0.1) is 12.8 Å². The smallest absolute Gasteiger partial charge is 0.118 e. The topological polar surface area (TPSA) is 42.4 Å². The molecule has 0 radical (unpaired) electrons. The van der Waals surface area contributed by atoms with E-state index in [0.717, 1.165) is 31.0 Å². The zero-order valence-corrected chi connectivity index (χ0v) is 10.9. The number of aryl methyl sites for hydroxylation is 1. The molecule has 0 spiro atoms. The van der Waals surface area contributed by atoms with E-state index in [4.69, 9.17) is 10.2 Å². The van der Waals surface area contributed by atoms with E-state index in [-0.39, 0.29) is 0 Å². The predicted molar refractivity (Wildman–Crippen MR) is 67.2 cm³/mol. The molecule has 3 heteroatoms. The van der Waals surface area contributed by atoms with E-state index in [1.807, 2.05) is 19.1 Å². The van der Waals surface area contributed by atoms with E-state index in [2.05, 4.69) is 25.8 Å². The number of hydrogen-bond donors (Lipinski definition) is 1. The second kappa shape index (κ2) is 6.06. The Morgan fingerprint density at radius 1 is 1.38 bits per heavy atom. The van der Waals surface area contributed by atoms with E-state index in [1.165, 1.54) is 0 Å². The molecule has 1 unspecified atom stereocenters.